The Morgan fingerprint density at radius 1 is 0.447 bits per heavy atom. The number of hydrogen-bond donors (Lipinski definition) is 0. The van der Waals surface area contributed by atoms with E-state index in [1.54, 1.807) is 0 Å². The zero-order valence-electron chi connectivity index (χ0n) is 25.6. The van der Waals surface area contributed by atoms with Gasteiger partial charge in [-0.3, -0.25) is 4.79 Å². The molecule has 0 spiro atoms. The van der Waals surface area contributed by atoms with Crippen LogP contribution in [-0.4, -0.2) is 12.6 Å². The highest BCUT2D eigenvalue weighted by Crippen LogP contribution is 2.11. The van der Waals surface area contributed by atoms with Gasteiger partial charge in [0.25, 0.3) is 0 Å². The van der Waals surface area contributed by atoms with Crippen molar-refractivity contribution in [1.29, 1.82) is 0 Å². The van der Waals surface area contributed by atoms with Gasteiger partial charge in [0.15, 0.2) is 0 Å². The van der Waals surface area contributed by atoms with E-state index >= 15 is 0 Å². The molecule has 0 aliphatic carbocycles. The van der Waals surface area contributed by atoms with Gasteiger partial charge in [0.1, 0.15) is 0 Å². The number of ether oxygens (including phenoxy) is 1. The molecule has 0 amide bonds. The molecule has 2 heteroatoms. The lowest BCUT2D eigenvalue weighted by molar-refractivity contribution is -0.143. The third kappa shape index (κ3) is 32.5. The summed E-state index contributed by atoms with van der Waals surface area (Å²) in [6, 6.07) is 0. The number of hydrogen-bond acceptors (Lipinski definition) is 2. The van der Waals surface area contributed by atoms with Crippen LogP contribution >= 0.6 is 0 Å². The van der Waals surface area contributed by atoms with Gasteiger partial charge >= 0.3 is 5.97 Å². The average Bonchev–Trinajstić information content (AvgIpc) is 2.92. The fourth-order valence-corrected chi connectivity index (χ4v) is 4.43. The maximum Gasteiger partial charge on any atom is 0.305 e. The zero-order chi connectivity index (χ0) is 27.6. The second-order valence-electron chi connectivity index (χ2n) is 10.8. The second-order valence-corrected chi connectivity index (χ2v) is 10.8. The Labute approximate surface area is 238 Å². The molecule has 0 atom stereocenters. The lowest BCUT2D eigenvalue weighted by Gasteiger charge is -2.05. The van der Waals surface area contributed by atoms with Gasteiger partial charge in [-0.15, -0.1) is 0 Å². The highest BCUT2D eigenvalue weighted by Gasteiger charge is 2.02. The Morgan fingerprint density at radius 3 is 1.26 bits per heavy atom. The van der Waals surface area contributed by atoms with Crippen molar-refractivity contribution in [2.24, 2.45) is 0 Å². The summed E-state index contributed by atoms with van der Waals surface area (Å²) in [5.74, 6) is -0.00160. The third-order valence-electron chi connectivity index (χ3n) is 6.94. The molecule has 0 aromatic carbocycles. The van der Waals surface area contributed by atoms with Gasteiger partial charge in [0.2, 0.25) is 0 Å². The summed E-state index contributed by atoms with van der Waals surface area (Å²) in [6.07, 6.45) is 47.3. The minimum Gasteiger partial charge on any atom is -0.466 e. The van der Waals surface area contributed by atoms with Crippen LogP contribution < -0.4 is 0 Å². The zero-order valence-corrected chi connectivity index (χ0v) is 25.6. The van der Waals surface area contributed by atoms with Crippen molar-refractivity contribution in [1.82, 2.24) is 0 Å². The summed E-state index contributed by atoms with van der Waals surface area (Å²) >= 11 is 0. The fourth-order valence-electron chi connectivity index (χ4n) is 4.43. The van der Waals surface area contributed by atoms with Crippen molar-refractivity contribution in [2.75, 3.05) is 6.61 Å². The lowest BCUT2D eigenvalue weighted by Crippen LogP contribution is -2.05. The molecule has 0 bridgehead atoms. The second kappa shape index (κ2) is 33.5. The molecule has 0 rings (SSSR count). The Kier molecular flexibility index (Phi) is 32.1. The van der Waals surface area contributed by atoms with Gasteiger partial charge in [0.05, 0.1) is 6.61 Å². The van der Waals surface area contributed by atoms with Crippen LogP contribution in [0.4, 0.5) is 0 Å². The molecule has 0 radical (unpaired) electrons. The van der Waals surface area contributed by atoms with Gasteiger partial charge in [-0.1, -0.05) is 133 Å². The van der Waals surface area contributed by atoms with E-state index in [1.165, 1.54) is 116 Å². The number of carbonyl (C=O) groups is 1. The highest BCUT2D eigenvalue weighted by atomic mass is 16.5. The molecule has 0 aliphatic rings. The monoisotopic (exact) mass is 528 g/mol. The van der Waals surface area contributed by atoms with Crippen LogP contribution in [-0.2, 0) is 9.53 Å². The van der Waals surface area contributed by atoms with Crippen LogP contribution in [0, 0.1) is 0 Å². The molecule has 0 saturated carbocycles. The fraction of sp³-hybridized carbons (Fsp3) is 0.750. The Morgan fingerprint density at radius 2 is 0.816 bits per heavy atom. The van der Waals surface area contributed by atoms with Crippen LogP contribution in [0.1, 0.15) is 168 Å². The SMILES string of the molecule is CCCCCC=CCC=CCCCCCCCCOC(=O)CCCCCCCC=CCC=CCCCCC. The van der Waals surface area contributed by atoms with Crippen LogP contribution in [0.25, 0.3) is 0 Å². The number of rotatable bonds is 29. The number of carbonyl (C=O) groups excluding carboxylic acids is 1. The molecule has 0 fully saturated rings. The topological polar surface area (TPSA) is 26.3 Å². The molecule has 0 aromatic heterocycles. The van der Waals surface area contributed by atoms with Crippen LogP contribution in [0.15, 0.2) is 48.6 Å². The quantitative estimate of drug-likeness (QED) is 0.0548. The van der Waals surface area contributed by atoms with E-state index in [0.717, 1.165) is 32.1 Å². The van der Waals surface area contributed by atoms with E-state index in [9.17, 15) is 4.79 Å². The van der Waals surface area contributed by atoms with Gasteiger partial charge in [-0.25, -0.2) is 0 Å². The molecule has 0 aromatic rings. The minimum atomic E-state index is -0.00160. The van der Waals surface area contributed by atoms with Crippen molar-refractivity contribution < 1.29 is 9.53 Å². The molecule has 2 nitrogen and oxygen atoms in total. The number of allylic oxidation sites excluding steroid dienone is 8. The summed E-state index contributed by atoms with van der Waals surface area (Å²) in [4.78, 5) is 11.9. The minimum absolute atomic E-state index is 0.00160. The number of unbranched alkanes of at least 4 members (excludes halogenated alkanes) is 17. The first-order valence-corrected chi connectivity index (χ1v) is 16.6. The first-order valence-electron chi connectivity index (χ1n) is 16.6. The lowest BCUT2D eigenvalue weighted by atomic mass is 10.1. The predicted octanol–water partition coefficient (Wildman–Crippen LogP) is 12.2. The van der Waals surface area contributed by atoms with Gasteiger partial charge < -0.3 is 4.74 Å². The molecule has 0 aliphatic heterocycles. The normalized spacial score (nSPS) is 12.2. The first kappa shape index (κ1) is 36.4. The van der Waals surface area contributed by atoms with E-state index in [-0.39, 0.29) is 5.97 Å². The van der Waals surface area contributed by atoms with Gasteiger partial charge in [-0.05, 0) is 77.0 Å². The average molecular weight is 529 g/mol. The van der Waals surface area contributed by atoms with Crippen molar-refractivity contribution in [3.05, 3.63) is 48.6 Å². The highest BCUT2D eigenvalue weighted by molar-refractivity contribution is 5.69. The van der Waals surface area contributed by atoms with E-state index in [2.05, 4.69) is 62.5 Å². The molecule has 38 heavy (non-hydrogen) atoms. The van der Waals surface area contributed by atoms with Crippen molar-refractivity contribution in [3.8, 4) is 0 Å². The molecule has 220 valence electrons. The predicted molar refractivity (Wildman–Crippen MR) is 170 cm³/mol. The maximum atomic E-state index is 11.9. The third-order valence-corrected chi connectivity index (χ3v) is 6.94. The number of esters is 1. The molecule has 0 unspecified atom stereocenters. The largest absolute Gasteiger partial charge is 0.466 e. The smallest absolute Gasteiger partial charge is 0.305 e. The molecule has 0 saturated heterocycles. The summed E-state index contributed by atoms with van der Waals surface area (Å²) < 4.78 is 5.41. The molecular weight excluding hydrogens is 464 g/mol. The summed E-state index contributed by atoms with van der Waals surface area (Å²) in [6.45, 7) is 5.11. The van der Waals surface area contributed by atoms with Crippen LogP contribution in [0.3, 0.4) is 0 Å². The van der Waals surface area contributed by atoms with Crippen LogP contribution in [0.2, 0.25) is 0 Å². The Balaban J connectivity index is 3.29. The maximum absolute atomic E-state index is 11.9. The van der Waals surface area contributed by atoms with E-state index < -0.39 is 0 Å². The van der Waals surface area contributed by atoms with E-state index in [1.807, 2.05) is 0 Å². The van der Waals surface area contributed by atoms with Crippen LogP contribution in [0.5, 0.6) is 0 Å². The summed E-state index contributed by atoms with van der Waals surface area (Å²) in [5.41, 5.74) is 0. The van der Waals surface area contributed by atoms with Gasteiger partial charge in [0, 0.05) is 6.42 Å². The van der Waals surface area contributed by atoms with E-state index in [4.69, 9.17) is 4.74 Å². The first-order chi connectivity index (χ1) is 18.8. The molecular formula is C36H64O2. The molecule has 0 heterocycles. The van der Waals surface area contributed by atoms with Crippen molar-refractivity contribution in [3.63, 3.8) is 0 Å². The summed E-state index contributed by atoms with van der Waals surface area (Å²) in [7, 11) is 0. The summed E-state index contributed by atoms with van der Waals surface area (Å²) in [5, 5.41) is 0. The standard InChI is InChI=1S/C36H64O2/c1-3-5-7-9-11-13-15-17-19-21-23-25-27-29-31-33-35-38-36(37)34-32-30-28-26-24-22-20-18-16-14-12-10-8-6-4-2/h11-14,17-20H,3-10,15-16,21-35H2,1-2H3. The Hall–Kier alpha value is -1.57. The van der Waals surface area contributed by atoms with E-state index in [0.29, 0.717) is 13.0 Å². The van der Waals surface area contributed by atoms with Crippen molar-refractivity contribution >= 4 is 5.97 Å². The van der Waals surface area contributed by atoms with Crippen molar-refractivity contribution in [2.45, 2.75) is 168 Å². The molecule has 0 N–H and O–H groups in total. The van der Waals surface area contributed by atoms with Gasteiger partial charge in [-0.2, -0.15) is 0 Å². The Bertz CT molecular complexity index is 584.